The lowest BCUT2D eigenvalue weighted by atomic mass is 9.88. The molecule has 1 saturated carbocycles. The van der Waals surface area contributed by atoms with Crippen molar-refractivity contribution in [3.05, 3.63) is 59.3 Å². The molecule has 9 heteroatoms. The van der Waals surface area contributed by atoms with Gasteiger partial charge in [0, 0.05) is 55.6 Å². The van der Waals surface area contributed by atoms with Gasteiger partial charge >= 0.3 is 0 Å². The number of carbonyl (C=O) groups excluding carboxylic acids is 2. The van der Waals surface area contributed by atoms with Crippen LogP contribution in [0.4, 0.5) is 0 Å². The van der Waals surface area contributed by atoms with E-state index in [0.717, 1.165) is 87.0 Å². The van der Waals surface area contributed by atoms with Crippen molar-refractivity contribution >= 4 is 33.9 Å². The number of nitrogens with one attached hydrogen (secondary N) is 1. The zero-order valence-corrected chi connectivity index (χ0v) is 26.8. The lowest BCUT2D eigenvalue weighted by Gasteiger charge is -2.35. The van der Waals surface area contributed by atoms with Crippen LogP contribution in [0, 0.1) is 18.3 Å². The number of benzene rings is 1. The third-order valence-corrected chi connectivity index (χ3v) is 10.7. The number of hydrogen-bond donors (Lipinski definition) is 1. The number of para-hydroxylation sites is 1. The smallest absolute Gasteiger partial charge is 0.255 e. The fourth-order valence-electron chi connectivity index (χ4n) is 7.95. The number of ether oxygens (including phenoxy) is 1. The number of amides is 2. The minimum Gasteiger partial charge on any atom is -0.368 e. The van der Waals surface area contributed by atoms with Crippen LogP contribution < -0.4 is 0 Å². The number of aryl methyl sites for hydroxylation is 1. The van der Waals surface area contributed by atoms with E-state index in [4.69, 9.17) is 15.2 Å². The molecule has 46 heavy (non-hydrogen) atoms. The summed E-state index contributed by atoms with van der Waals surface area (Å²) in [6.07, 6.45) is 10.6. The molecule has 2 amide bonds. The highest BCUT2D eigenvalue weighted by molar-refractivity contribution is 5.98. The van der Waals surface area contributed by atoms with Crippen LogP contribution in [0.2, 0.25) is 0 Å². The van der Waals surface area contributed by atoms with Crippen LogP contribution in [0.1, 0.15) is 85.2 Å². The second kappa shape index (κ2) is 12.0. The van der Waals surface area contributed by atoms with Crippen LogP contribution in [0.5, 0.6) is 0 Å². The number of piperidine rings is 2. The first kappa shape index (κ1) is 29.4. The summed E-state index contributed by atoms with van der Waals surface area (Å²) in [4.78, 5) is 30.3. The first-order valence-corrected chi connectivity index (χ1v) is 17.3. The second-order valence-electron chi connectivity index (χ2n) is 14.0. The van der Waals surface area contributed by atoms with Crippen LogP contribution in [0.15, 0.2) is 42.6 Å². The molecule has 0 spiro atoms. The van der Waals surface area contributed by atoms with Crippen molar-refractivity contribution in [1.82, 2.24) is 24.0 Å². The first-order valence-electron chi connectivity index (χ1n) is 17.3. The van der Waals surface area contributed by atoms with Crippen molar-refractivity contribution in [3.8, 4) is 11.4 Å². The van der Waals surface area contributed by atoms with Gasteiger partial charge in [0.25, 0.3) is 11.8 Å². The van der Waals surface area contributed by atoms with Crippen molar-refractivity contribution in [2.45, 2.75) is 83.3 Å². The van der Waals surface area contributed by atoms with Crippen LogP contribution in [0.3, 0.4) is 0 Å². The number of likely N-dealkylation sites (tertiary alicyclic amines) is 2. The van der Waals surface area contributed by atoms with E-state index in [2.05, 4.69) is 35.8 Å². The van der Waals surface area contributed by atoms with E-state index in [0.29, 0.717) is 42.8 Å². The highest BCUT2D eigenvalue weighted by atomic mass is 16.5. The van der Waals surface area contributed by atoms with E-state index in [1.54, 1.807) is 4.90 Å². The van der Waals surface area contributed by atoms with Gasteiger partial charge in [-0.25, -0.2) is 4.52 Å². The van der Waals surface area contributed by atoms with Crippen molar-refractivity contribution in [3.63, 3.8) is 0 Å². The van der Waals surface area contributed by atoms with Crippen molar-refractivity contribution in [2.75, 3.05) is 32.8 Å². The predicted octanol–water partition coefficient (Wildman–Crippen LogP) is 6.21. The Morgan fingerprint density at radius 3 is 2.59 bits per heavy atom. The molecule has 240 valence electrons. The lowest BCUT2D eigenvalue weighted by Crippen LogP contribution is -2.45. The van der Waals surface area contributed by atoms with E-state index < -0.39 is 0 Å². The molecule has 3 saturated heterocycles. The molecule has 1 unspecified atom stereocenters. The minimum atomic E-state index is -0.255. The SMILES string of the molecule is Cc1c(-c2cc3cccc(C4CCN(C(=O)C5CCCCO5)CC4)c3n2CC2CC2)nn2cc(C(=O)N3CCCC(=N)C3)ccc12. The van der Waals surface area contributed by atoms with Gasteiger partial charge in [-0.15, -0.1) is 0 Å². The van der Waals surface area contributed by atoms with Crippen molar-refractivity contribution in [1.29, 1.82) is 5.41 Å². The Balaban J connectivity index is 1.11. The number of aromatic nitrogens is 3. The van der Waals surface area contributed by atoms with Crippen LogP contribution in [-0.2, 0) is 16.1 Å². The van der Waals surface area contributed by atoms with Gasteiger partial charge in [-0.2, -0.15) is 5.10 Å². The van der Waals surface area contributed by atoms with Gasteiger partial charge in [0.2, 0.25) is 0 Å². The number of carbonyl (C=O) groups is 2. The van der Waals surface area contributed by atoms with Crippen molar-refractivity contribution in [2.24, 2.45) is 5.92 Å². The van der Waals surface area contributed by atoms with E-state index in [1.165, 1.54) is 29.3 Å². The maximum atomic E-state index is 13.3. The summed E-state index contributed by atoms with van der Waals surface area (Å²) >= 11 is 0. The molecule has 1 aliphatic carbocycles. The Hall–Kier alpha value is -3.98. The van der Waals surface area contributed by atoms with Gasteiger partial charge in [-0.3, -0.25) is 9.59 Å². The molecule has 0 bridgehead atoms. The summed E-state index contributed by atoms with van der Waals surface area (Å²) < 4.78 is 10.2. The second-order valence-corrected chi connectivity index (χ2v) is 14.0. The number of hydrogen-bond acceptors (Lipinski definition) is 5. The van der Waals surface area contributed by atoms with E-state index in [1.807, 2.05) is 27.7 Å². The van der Waals surface area contributed by atoms with Crippen LogP contribution >= 0.6 is 0 Å². The predicted molar refractivity (Wildman–Crippen MR) is 179 cm³/mol. The summed E-state index contributed by atoms with van der Waals surface area (Å²) in [5.41, 5.74) is 8.12. The molecule has 1 N–H and O–H groups in total. The molecule has 1 atom stereocenters. The van der Waals surface area contributed by atoms with Gasteiger partial charge in [0.1, 0.15) is 11.8 Å². The summed E-state index contributed by atoms with van der Waals surface area (Å²) in [5, 5.41) is 14.4. The molecule has 4 aromatic rings. The maximum absolute atomic E-state index is 13.3. The monoisotopic (exact) mass is 620 g/mol. The molecule has 9 nitrogen and oxygen atoms in total. The van der Waals surface area contributed by atoms with Gasteiger partial charge in [-0.1, -0.05) is 18.2 Å². The maximum Gasteiger partial charge on any atom is 0.255 e. The molecule has 1 aromatic carbocycles. The van der Waals surface area contributed by atoms with Crippen molar-refractivity contribution < 1.29 is 14.3 Å². The van der Waals surface area contributed by atoms with Crippen LogP contribution in [-0.4, -0.2) is 80.4 Å². The molecule has 4 fully saturated rings. The molecule has 3 aliphatic heterocycles. The average Bonchev–Trinajstić information content (AvgIpc) is 3.76. The molecular formula is C37H44N6O3. The third-order valence-electron chi connectivity index (χ3n) is 10.7. The normalized spacial score (nSPS) is 21.4. The molecule has 6 heterocycles. The Morgan fingerprint density at radius 2 is 1.83 bits per heavy atom. The fourth-order valence-corrected chi connectivity index (χ4v) is 7.95. The minimum absolute atomic E-state index is 0.0347. The zero-order chi connectivity index (χ0) is 31.4. The number of pyridine rings is 1. The number of fused-ring (bicyclic) bond motifs is 2. The standard InChI is InChI=1S/C37H44N6O3/c1-24-31-13-12-28(36(44)41-16-5-7-29(38)23-41)22-43(31)39-34(24)32-20-27-6-4-8-30(35(27)42(32)21-25-10-11-25)26-14-17-40(18-15-26)37(45)33-9-2-3-19-46-33/h4,6,8,12-13,20,22,25-26,33,38H,2-3,5,7,9-11,14-19,21,23H2,1H3. The van der Waals surface area contributed by atoms with Gasteiger partial charge < -0.3 is 24.5 Å². The molecular weight excluding hydrogens is 576 g/mol. The van der Waals surface area contributed by atoms with Gasteiger partial charge in [0.05, 0.1) is 28.8 Å². The largest absolute Gasteiger partial charge is 0.368 e. The lowest BCUT2D eigenvalue weighted by molar-refractivity contribution is -0.147. The van der Waals surface area contributed by atoms with E-state index in [9.17, 15) is 9.59 Å². The van der Waals surface area contributed by atoms with E-state index >= 15 is 0 Å². The molecule has 8 rings (SSSR count). The number of rotatable bonds is 6. The summed E-state index contributed by atoms with van der Waals surface area (Å²) in [7, 11) is 0. The summed E-state index contributed by atoms with van der Waals surface area (Å²) in [6, 6.07) is 12.9. The van der Waals surface area contributed by atoms with Gasteiger partial charge in [-0.05, 0) is 100 Å². The third kappa shape index (κ3) is 5.42. The molecule has 4 aliphatic rings. The molecule has 3 aromatic heterocycles. The Morgan fingerprint density at radius 1 is 0.978 bits per heavy atom. The average molecular weight is 621 g/mol. The first-order chi connectivity index (χ1) is 22.4. The summed E-state index contributed by atoms with van der Waals surface area (Å²) in [5.74, 6) is 1.22. The molecule has 0 radical (unpaired) electrons. The van der Waals surface area contributed by atoms with E-state index in [-0.39, 0.29) is 17.9 Å². The summed E-state index contributed by atoms with van der Waals surface area (Å²) in [6.45, 7) is 6.47. The van der Waals surface area contributed by atoms with Crippen LogP contribution in [0.25, 0.3) is 27.8 Å². The quantitative estimate of drug-likeness (QED) is 0.278. The highest BCUT2D eigenvalue weighted by Gasteiger charge is 2.32. The Kier molecular flexibility index (Phi) is 7.67. The Labute approximate surface area is 270 Å². The fraction of sp³-hybridized carbons (Fsp3) is 0.514. The zero-order valence-electron chi connectivity index (χ0n) is 26.8. The number of nitrogens with zero attached hydrogens (tertiary/aromatic N) is 5. The topological polar surface area (TPSA) is 95.9 Å². The van der Waals surface area contributed by atoms with Gasteiger partial charge in [0.15, 0.2) is 0 Å². The Bertz CT molecular complexity index is 1820. The highest BCUT2D eigenvalue weighted by Crippen LogP contribution is 2.41.